The second-order valence-electron chi connectivity index (χ2n) is 12.3. The highest BCUT2D eigenvalue weighted by molar-refractivity contribution is 6.22. The van der Waals surface area contributed by atoms with Crippen molar-refractivity contribution >= 4 is 43.4 Å². The maximum absolute atomic E-state index is 10.8. The van der Waals surface area contributed by atoms with Gasteiger partial charge in [-0.15, -0.1) is 0 Å². The van der Waals surface area contributed by atoms with Gasteiger partial charge in [0, 0.05) is 21.9 Å². The molecule has 3 nitrogen and oxygen atoms in total. The SMILES string of the molecule is N#Cc1cc(-c2cccc(C#N)c2-n2c3ccccc3c3ccccc32)ccc1-c1c2ccccc2c(-c2ccccc2)c2ccccc12. The largest absolute Gasteiger partial charge is 0.307 e. The van der Waals surface area contributed by atoms with Gasteiger partial charge in [-0.05, 0) is 68.1 Å². The molecule has 0 unspecified atom stereocenters. The molecular formula is C46H27N3. The van der Waals surface area contributed by atoms with Crippen LogP contribution < -0.4 is 0 Å². The molecule has 0 aliphatic heterocycles. The number of rotatable bonds is 4. The first-order valence-corrected chi connectivity index (χ1v) is 16.3. The van der Waals surface area contributed by atoms with Gasteiger partial charge in [0.25, 0.3) is 0 Å². The van der Waals surface area contributed by atoms with Gasteiger partial charge < -0.3 is 4.57 Å². The Bertz CT molecular complexity index is 2740. The van der Waals surface area contributed by atoms with Gasteiger partial charge in [0.2, 0.25) is 0 Å². The lowest BCUT2D eigenvalue weighted by molar-refractivity contribution is 1.17. The molecular weight excluding hydrogens is 595 g/mol. The van der Waals surface area contributed by atoms with Crippen molar-refractivity contribution in [1.29, 1.82) is 10.5 Å². The zero-order valence-electron chi connectivity index (χ0n) is 26.4. The highest BCUT2D eigenvalue weighted by Crippen LogP contribution is 2.45. The van der Waals surface area contributed by atoms with Crippen LogP contribution in [0.15, 0.2) is 164 Å². The van der Waals surface area contributed by atoms with Gasteiger partial charge in [-0.3, -0.25) is 0 Å². The van der Waals surface area contributed by atoms with Crippen LogP contribution in [-0.2, 0) is 0 Å². The second-order valence-corrected chi connectivity index (χ2v) is 12.3. The van der Waals surface area contributed by atoms with E-state index in [1.54, 1.807) is 0 Å². The highest BCUT2D eigenvalue weighted by Gasteiger charge is 2.21. The lowest BCUT2D eigenvalue weighted by Gasteiger charge is -2.19. The first-order valence-electron chi connectivity index (χ1n) is 16.3. The topological polar surface area (TPSA) is 52.5 Å². The average Bonchev–Trinajstić information content (AvgIpc) is 3.50. The molecule has 9 aromatic rings. The van der Waals surface area contributed by atoms with Gasteiger partial charge in [0.05, 0.1) is 33.9 Å². The van der Waals surface area contributed by atoms with Crippen molar-refractivity contribution in [3.63, 3.8) is 0 Å². The summed E-state index contributed by atoms with van der Waals surface area (Å²) in [6.07, 6.45) is 0. The van der Waals surface area contributed by atoms with E-state index in [0.29, 0.717) is 11.1 Å². The molecule has 0 amide bonds. The lowest BCUT2D eigenvalue weighted by atomic mass is 9.84. The molecule has 0 fully saturated rings. The molecule has 49 heavy (non-hydrogen) atoms. The summed E-state index contributed by atoms with van der Waals surface area (Å²) in [4.78, 5) is 0. The molecule has 0 atom stereocenters. The maximum Gasteiger partial charge on any atom is 0.101 e. The number of benzene rings is 8. The van der Waals surface area contributed by atoms with Gasteiger partial charge in [-0.1, -0.05) is 140 Å². The van der Waals surface area contributed by atoms with Crippen molar-refractivity contribution in [2.24, 2.45) is 0 Å². The fraction of sp³-hybridized carbons (Fsp3) is 0. The highest BCUT2D eigenvalue weighted by atomic mass is 15.0. The van der Waals surface area contributed by atoms with Crippen LogP contribution in [0.3, 0.4) is 0 Å². The predicted octanol–water partition coefficient (Wildman–Crippen LogP) is 11.8. The molecule has 9 rings (SSSR count). The summed E-state index contributed by atoms with van der Waals surface area (Å²) in [6.45, 7) is 0. The number of fused-ring (bicyclic) bond motifs is 5. The Hall–Kier alpha value is -6.94. The summed E-state index contributed by atoms with van der Waals surface area (Å²) in [5, 5.41) is 27.9. The van der Waals surface area contributed by atoms with E-state index in [2.05, 4.69) is 132 Å². The summed E-state index contributed by atoms with van der Waals surface area (Å²) < 4.78 is 2.20. The Morgan fingerprint density at radius 3 is 1.45 bits per heavy atom. The third kappa shape index (κ3) is 4.35. The monoisotopic (exact) mass is 621 g/mol. The van der Waals surface area contributed by atoms with Crippen LogP contribution in [0.2, 0.25) is 0 Å². The number of hydrogen-bond donors (Lipinski definition) is 0. The number of hydrogen-bond acceptors (Lipinski definition) is 2. The van der Waals surface area contributed by atoms with E-state index in [1.807, 2.05) is 48.5 Å². The van der Waals surface area contributed by atoms with Crippen molar-refractivity contribution in [3.8, 4) is 51.2 Å². The van der Waals surface area contributed by atoms with Gasteiger partial charge in [-0.2, -0.15) is 10.5 Å². The lowest BCUT2D eigenvalue weighted by Crippen LogP contribution is -2.01. The minimum atomic E-state index is 0.570. The molecule has 0 aliphatic carbocycles. The molecule has 0 saturated carbocycles. The minimum Gasteiger partial charge on any atom is -0.307 e. The Morgan fingerprint density at radius 2 is 0.878 bits per heavy atom. The van der Waals surface area contributed by atoms with Gasteiger partial charge in [0.15, 0.2) is 0 Å². The Morgan fingerprint density at radius 1 is 0.367 bits per heavy atom. The molecule has 0 saturated heterocycles. The van der Waals surface area contributed by atoms with E-state index in [-0.39, 0.29) is 0 Å². The quantitative estimate of drug-likeness (QED) is 0.184. The summed E-state index contributed by atoms with van der Waals surface area (Å²) in [7, 11) is 0. The van der Waals surface area contributed by atoms with Crippen LogP contribution in [-0.4, -0.2) is 4.57 Å². The predicted molar refractivity (Wildman–Crippen MR) is 202 cm³/mol. The van der Waals surface area contributed by atoms with Gasteiger partial charge in [-0.25, -0.2) is 0 Å². The number of nitrogens with zero attached hydrogens (tertiary/aromatic N) is 3. The molecule has 8 aromatic carbocycles. The van der Waals surface area contributed by atoms with E-state index in [1.165, 1.54) is 5.56 Å². The molecule has 0 bridgehead atoms. The van der Waals surface area contributed by atoms with Crippen molar-refractivity contribution in [1.82, 2.24) is 4.57 Å². The molecule has 1 heterocycles. The van der Waals surface area contributed by atoms with Gasteiger partial charge >= 0.3 is 0 Å². The Kier molecular flexibility index (Phi) is 6.58. The van der Waals surface area contributed by atoms with Crippen molar-refractivity contribution < 1.29 is 0 Å². The van der Waals surface area contributed by atoms with E-state index in [0.717, 1.165) is 76.9 Å². The van der Waals surface area contributed by atoms with Crippen LogP contribution in [0.1, 0.15) is 11.1 Å². The van der Waals surface area contributed by atoms with Crippen molar-refractivity contribution in [2.75, 3.05) is 0 Å². The van der Waals surface area contributed by atoms with E-state index in [4.69, 9.17) is 0 Å². The van der Waals surface area contributed by atoms with Crippen molar-refractivity contribution in [2.45, 2.75) is 0 Å². The summed E-state index contributed by atoms with van der Waals surface area (Å²) in [6, 6.07) is 61.2. The summed E-state index contributed by atoms with van der Waals surface area (Å²) in [5.41, 5.74) is 10.1. The van der Waals surface area contributed by atoms with E-state index < -0.39 is 0 Å². The fourth-order valence-corrected chi connectivity index (χ4v) is 7.63. The Labute approximate surface area is 283 Å². The number of nitriles is 2. The molecule has 0 spiro atoms. The first kappa shape index (κ1) is 28.3. The van der Waals surface area contributed by atoms with Crippen LogP contribution in [0.25, 0.3) is 82.4 Å². The molecule has 0 radical (unpaired) electrons. The van der Waals surface area contributed by atoms with Crippen molar-refractivity contribution in [3.05, 3.63) is 175 Å². The maximum atomic E-state index is 10.8. The average molecular weight is 622 g/mol. The number of aromatic nitrogens is 1. The normalized spacial score (nSPS) is 11.2. The summed E-state index contributed by atoms with van der Waals surface area (Å²) in [5.74, 6) is 0. The smallest absolute Gasteiger partial charge is 0.101 e. The Balaban J connectivity index is 1.31. The third-order valence-corrected chi connectivity index (χ3v) is 9.67. The second kappa shape index (κ2) is 11.4. The zero-order chi connectivity index (χ0) is 32.9. The van der Waals surface area contributed by atoms with Crippen LogP contribution in [0.5, 0.6) is 0 Å². The molecule has 0 N–H and O–H groups in total. The van der Waals surface area contributed by atoms with Crippen LogP contribution in [0, 0.1) is 22.7 Å². The molecule has 3 heteroatoms. The number of para-hydroxylation sites is 3. The molecule has 1 aromatic heterocycles. The third-order valence-electron chi connectivity index (χ3n) is 9.67. The standard InChI is InChI=1S/C46H27N3/c47-28-32-15-12-22-35(46(32)49-42-23-10-8-16-36(42)37-17-9-11-24-43(37)49)31-25-26-34(33(27-31)29-48)45-40-20-6-4-18-38(40)44(30-13-2-1-3-14-30)39-19-5-7-21-41(39)45/h1-27H. The fourth-order valence-electron chi connectivity index (χ4n) is 7.63. The minimum absolute atomic E-state index is 0.570. The van der Waals surface area contributed by atoms with Gasteiger partial charge in [0.1, 0.15) is 6.07 Å². The zero-order valence-corrected chi connectivity index (χ0v) is 26.4. The van der Waals surface area contributed by atoms with Crippen LogP contribution in [0.4, 0.5) is 0 Å². The molecule has 226 valence electrons. The van der Waals surface area contributed by atoms with E-state index >= 15 is 0 Å². The summed E-state index contributed by atoms with van der Waals surface area (Å²) >= 11 is 0. The molecule has 0 aliphatic rings. The first-order chi connectivity index (χ1) is 24.3. The van der Waals surface area contributed by atoms with Crippen LogP contribution >= 0.6 is 0 Å². The van der Waals surface area contributed by atoms with E-state index in [9.17, 15) is 10.5 Å².